The highest BCUT2D eigenvalue weighted by atomic mass is 19.1. The van der Waals surface area contributed by atoms with Gasteiger partial charge in [0.15, 0.2) is 5.65 Å². The molecule has 9 heteroatoms. The van der Waals surface area contributed by atoms with Crippen LogP contribution in [0.1, 0.15) is 21.6 Å². The normalized spacial score (nSPS) is 13.3. The number of aromatic amines is 1. The number of aryl methyl sites for hydroxylation is 1. The number of fused-ring (bicyclic) bond motifs is 2. The van der Waals surface area contributed by atoms with Crippen molar-refractivity contribution < 1.29 is 9.18 Å². The third kappa shape index (κ3) is 2.51. The smallest absolute Gasteiger partial charge is 0.278 e. The molecule has 1 aromatic carbocycles. The van der Waals surface area contributed by atoms with Gasteiger partial charge in [-0.25, -0.2) is 13.9 Å². The number of nitrogens with zero attached hydrogens (tertiary/aromatic N) is 5. The van der Waals surface area contributed by atoms with Crippen LogP contribution in [0.5, 0.6) is 0 Å². The van der Waals surface area contributed by atoms with Crippen molar-refractivity contribution in [3.8, 4) is 11.3 Å². The summed E-state index contributed by atoms with van der Waals surface area (Å²) in [4.78, 5) is 31.7. The fourth-order valence-electron chi connectivity index (χ4n) is 3.46. The van der Waals surface area contributed by atoms with Crippen LogP contribution in [0.2, 0.25) is 0 Å². The number of amides is 1. The predicted molar refractivity (Wildman–Crippen MR) is 98.0 cm³/mol. The number of benzene rings is 1. The Kier molecular flexibility index (Phi) is 3.45. The minimum Gasteiger partial charge on any atom is -0.328 e. The van der Waals surface area contributed by atoms with Crippen LogP contribution < -0.4 is 5.56 Å². The Morgan fingerprint density at radius 3 is 2.71 bits per heavy atom. The van der Waals surface area contributed by atoms with Crippen molar-refractivity contribution in [3.63, 3.8) is 0 Å². The van der Waals surface area contributed by atoms with E-state index in [0.717, 1.165) is 5.56 Å². The Labute approximate surface area is 157 Å². The highest BCUT2D eigenvalue weighted by Crippen LogP contribution is 2.23. The molecule has 28 heavy (non-hydrogen) atoms. The monoisotopic (exact) mass is 378 g/mol. The van der Waals surface area contributed by atoms with Crippen LogP contribution in [0.4, 0.5) is 4.39 Å². The second-order valence-electron chi connectivity index (χ2n) is 6.78. The largest absolute Gasteiger partial charge is 0.328 e. The number of rotatable bonds is 2. The van der Waals surface area contributed by atoms with Gasteiger partial charge in [-0.2, -0.15) is 5.10 Å². The van der Waals surface area contributed by atoms with Crippen molar-refractivity contribution >= 4 is 11.6 Å². The Hall–Kier alpha value is -3.75. The molecule has 0 aliphatic carbocycles. The van der Waals surface area contributed by atoms with E-state index in [1.807, 2.05) is 0 Å². The van der Waals surface area contributed by atoms with Crippen LogP contribution in [0.25, 0.3) is 16.9 Å². The average Bonchev–Trinajstić information content (AvgIpc) is 3.40. The molecule has 3 aromatic heterocycles. The Morgan fingerprint density at radius 2 is 2.00 bits per heavy atom. The van der Waals surface area contributed by atoms with Crippen LogP contribution in [0.3, 0.4) is 0 Å². The summed E-state index contributed by atoms with van der Waals surface area (Å²) in [6.07, 6.45) is 3.15. The number of nitrogens with one attached hydrogen (secondary N) is 1. The molecule has 4 heterocycles. The fourth-order valence-corrected chi connectivity index (χ4v) is 3.46. The molecule has 0 spiro atoms. The van der Waals surface area contributed by atoms with Crippen LogP contribution >= 0.6 is 0 Å². The van der Waals surface area contributed by atoms with Crippen molar-refractivity contribution in [1.82, 2.24) is 29.3 Å². The third-order valence-electron chi connectivity index (χ3n) is 4.88. The molecule has 4 aromatic rings. The maximum absolute atomic E-state index is 13.1. The standard InChI is InChI=1S/C19H15FN6O2/c1-24-8-12(7-21-24)18(27)25-9-14-16(10-25)22-17-6-15(23-26(17)19(14)28)11-2-4-13(20)5-3-11/h2-8,23H,9-10H2,1H3. The molecule has 1 aliphatic rings. The number of carbonyl (C=O) groups is 1. The van der Waals surface area contributed by atoms with Crippen molar-refractivity contribution in [3.05, 3.63) is 75.7 Å². The number of aromatic nitrogens is 5. The molecule has 0 radical (unpaired) electrons. The maximum Gasteiger partial charge on any atom is 0.278 e. The van der Waals surface area contributed by atoms with Crippen LogP contribution in [-0.4, -0.2) is 35.2 Å². The summed E-state index contributed by atoms with van der Waals surface area (Å²) in [6, 6.07) is 7.72. The van der Waals surface area contributed by atoms with E-state index in [0.29, 0.717) is 28.2 Å². The quantitative estimate of drug-likeness (QED) is 0.575. The van der Waals surface area contributed by atoms with E-state index in [2.05, 4.69) is 15.2 Å². The van der Waals surface area contributed by atoms with Crippen molar-refractivity contribution in [2.75, 3.05) is 0 Å². The van der Waals surface area contributed by atoms with Gasteiger partial charge in [0.1, 0.15) is 5.82 Å². The van der Waals surface area contributed by atoms with E-state index < -0.39 is 0 Å². The molecular weight excluding hydrogens is 363 g/mol. The maximum atomic E-state index is 13.1. The summed E-state index contributed by atoms with van der Waals surface area (Å²) in [5.41, 5.74) is 3.18. The minimum absolute atomic E-state index is 0.189. The number of carbonyl (C=O) groups excluding carboxylic acids is 1. The van der Waals surface area contributed by atoms with E-state index in [1.165, 1.54) is 22.8 Å². The highest BCUT2D eigenvalue weighted by Gasteiger charge is 2.29. The third-order valence-corrected chi connectivity index (χ3v) is 4.88. The molecule has 1 aliphatic heterocycles. The second-order valence-corrected chi connectivity index (χ2v) is 6.78. The summed E-state index contributed by atoms with van der Waals surface area (Å²) < 4.78 is 16.1. The van der Waals surface area contributed by atoms with Gasteiger partial charge >= 0.3 is 0 Å². The van der Waals surface area contributed by atoms with Crippen molar-refractivity contribution in [2.24, 2.45) is 7.05 Å². The molecule has 140 valence electrons. The van der Waals surface area contributed by atoms with Crippen LogP contribution in [-0.2, 0) is 20.1 Å². The Balaban J connectivity index is 1.51. The van der Waals surface area contributed by atoms with Gasteiger partial charge in [-0.05, 0) is 29.8 Å². The van der Waals surface area contributed by atoms with Crippen molar-refractivity contribution in [1.29, 1.82) is 0 Å². The number of halogens is 1. The fraction of sp³-hybridized carbons (Fsp3) is 0.158. The molecular formula is C19H15FN6O2. The zero-order valence-electron chi connectivity index (χ0n) is 14.9. The first-order chi connectivity index (χ1) is 13.5. The van der Waals surface area contributed by atoms with Gasteiger partial charge in [0.05, 0.1) is 41.8 Å². The molecule has 1 amide bonds. The van der Waals surface area contributed by atoms with E-state index in [-0.39, 0.29) is 30.4 Å². The van der Waals surface area contributed by atoms with E-state index in [1.54, 1.807) is 41.0 Å². The van der Waals surface area contributed by atoms with Gasteiger partial charge in [-0.1, -0.05) is 0 Å². The number of hydrogen-bond donors (Lipinski definition) is 1. The summed E-state index contributed by atoms with van der Waals surface area (Å²) in [7, 11) is 1.74. The summed E-state index contributed by atoms with van der Waals surface area (Å²) in [5, 5.41) is 7.03. The zero-order chi connectivity index (χ0) is 19.4. The van der Waals surface area contributed by atoms with Gasteiger partial charge < -0.3 is 4.90 Å². The first-order valence-electron chi connectivity index (χ1n) is 8.67. The van der Waals surface area contributed by atoms with Gasteiger partial charge in [0, 0.05) is 19.3 Å². The summed E-state index contributed by atoms with van der Waals surface area (Å²) >= 11 is 0. The van der Waals surface area contributed by atoms with Crippen molar-refractivity contribution in [2.45, 2.75) is 13.1 Å². The Bertz CT molecular complexity index is 1280. The van der Waals surface area contributed by atoms with Gasteiger partial charge in [0.25, 0.3) is 11.5 Å². The highest BCUT2D eigenvalue weighted by molar-refractivity contribution is 5.94. The van der Waals surface area contributed by atoms with E-state index >= 15 is 0 Å². The molecule has 5 rings (SSSR count). The van der Waals surface area contributed by atoms with Gasteiger partial charge in [-0.15, -0.1) is 0 Å². The Morgan fingerprint density at radius 1 is 1.21 bits per heavy atom. The zero-order valence-corrected chi connectivity index (χ0v) is 14.9. The number of H-pyrrole nitrogens is 1. The first-order valence-corrected chi connectivity index (χ1v) is 8.67. The second kappa shape index (κ2) is 5.88. The summed E-state index contributed by atoms with van der Waals surface area (Å²) in [6.45, 7) is 0.467. The van der Waals surface area contributed by atoms with Crippen LogP contribution in [0.15, 0.2) is 47.5 Å². The average molecular weight is 378 g/mol. The molecule has 0 atom stereocenters. The molecule has 0 saturated heterocycles. The lowest BCUT2D eigenvalue weighted by Crippen LogP contribution is -2.26. The lowest BCUT2D eigenvalue weighted by molar-refractivity contribution is 0.0750. The number of hydrogen-bond acceptors (Lipinski definition) is 4. The lowest BCUT2D eigenvalue weighted by Gasteiger charge is -2.13. The predicted octanol–water partition coefficient (Wildman–Crippen LogP) is 1.72. The first kappa shape index (κ1) is 16.4. The molecule has 0 bridgehead atoms. The minimum atomic E-state index is -0.326. The van der Waals surface area contributed by atoms with Crippen LogP contribution in [0, 0.1) is 5.82 Å². The molecule has 8 nitrogen and oxygen atoms in total. The topological polar surface area (TPSA) is 88.3 Å². The van der Waals surface area contributed by atoms with Gasteiger partial charge in [0.2, 0.25) is 0 Å². The van der Waals surface area contributed by atoms with E-state index in [9.17, 15) is 14.0 Å². The lowest BCUT2D eigenvalue weighted by atomic mass is 10.1. The molecule has 0 fully saturated rings. The molecule has 1 N–H and O–H groups in total. The van der Waals surface area contributed by atoms with Gasteiger partial charge in [-0.3, -0.25) is 19.4 Å². The SMILES string of the molecule is Cn1cc(C(=O)N2Cc3nc4cc(-c5ccc(F)cc5)[nH]n4c(=O)c3C2)cn1. The summed E-state index contributed by atoms with van der Waals surface area (Å²) in [5.74, 6) is -0.515. The molecule has 0 unspecified atom stereocenters. The van der Waals surface area contributed by atoms with E-state index in [4.69, 9.17) is 0 Å². The molecule has 0 saturated carbocycles.